The van der Waals surface area contributed by atoms with Gasteiger partial charge in [-0.2, -0.15) is 0 Å². The molecule has 7 nitrogen and oxygen atoms in total. The van der Waals surface area contributed by atoms with Crippen LogP contribution in [0.15, 0.2) is 76.3 Å². The predicted molar refractivity (Wildman–Crippen MR) is 133 cm³/mol. The van der Waals surface area contributed by atoms with Gasteiger partial charge in [-0.3, -0.25) is 9.79 Å². The highest BCUT2D eigenvalue weighted by molar-refractivity contribution is 14.0. The molecule has 0 radical (unpaired) electrons. The SMILES string of the molecule is CN=C(NCc1ccc(NC(=O)c2ccco2)cc1)N(C)Cc1ccccc1OC.I. The van der Waals surface area contributed by atoms with Crippen LogP contribution in [0.2, 0.25) is 0 Å². The summed E-state index contributed by atoms with van der Waals surface area (Å²) in [6.07, 6.45) is 1.47. The molecule has 0 saturated carbocycles. The Bertz CT molecular complexity index is 988. The van der Waals surface area contributed by atoms with E-state index >= 15 is 0 Å². The number of hydrogen-bond acceptors (Lipinski definition) is 4. The number of nitrogens with one attached hydrogen (secondary N) is 2. The smallest absolute Gasteiger partial charge is 0.291 e. The monoisotopic (exact) mass is 534 g/mol. The number of carbonyl (C=O) groups excluding carboxylic acids is 1. The van der Waals surface area contributed by atoms with E-state index in [9.17, 15) is 4.79 Å². The molecule has 0 atom stereocenters. The molecule has 2 aromatic carbocycles. The molecule has 31 heavy (non-hydrogen) atoms. The third kappa shape index (κ3) is 6.74. The van der Waals surface area contributed by atoms with Gasteiger partial charge < -0.3 is 24.7 Å². The van der Waals surface area contributed by atoms with Crippen LogP contribution in [0.25, 0.3) is 0 Å². The number of amides is 1. The molecule has 1 heterocycles. The third-order valence-electron chi connectivity index (χ3n) is 4.58. The molecule has 0 aliphatic rings. The van der Waals surface area contributed by atoms with E-state index in [1.165, 1.54) is 6.26 Å². The topological polar surface area (TPSA) is 79.1 Å². The number of methoxy groups -OCH3 is 1. The summed E-state index contributed by atoms with van der Waals surface area (Å²) < 4.78 is 10.5. The van der Waals surface area contributed by atoms with Crippen molar-refractivity contribution in [2.45, 2.75) is 13.1 Å². The molecule has 0 saturated heterocycles. The van der Waals surface area contributed by atoms with Crippen molar-refractivity contribution in [2.24, 2.45) is 4.99 Å². The van der Waals surface area contributed by atoms with Gasteiger partial charge in [0.25, 0.3) is 5.91 Å². The number of carbonyl (C=O) groups is 1. The van der Waals surface area contributed by atoms with Gasteiger partial charge in [-0.15, -0.1) is 24.0 Å². The van der Waals surface area contributed by atoms with E-state index in [2.05, 4.69) is 15.6 Å². The van der Waals surface area contributed by atoms with Gasteiger partial charge in [-0.05, 0) is 35.9 Å². The molecule has 0 aliphatic heterocycles. The molecule has 164 valence electrons. The second kappa shape index (κ2) is 12.0. The molecule has 0 bridgehead atoms. The van der Waals surface area contributed by atoms with E-state index < -0.39 is 0 Å². The van der Waals surface area contributed by atoms with Crippen molar-refractivity contribution in [3.05, 3.63) is 83.8 Å². The lowest BCUT2D eigenvalue weighted by Crippen LogP contribution is -2.38. The van der Waals surface area contributed by atoms with E-state index in [0.29, 0.717) is 18.8 Å². The molecule has 3 aromatic rings. The Labute approximate surface area is 199 Å². The van der Waals surface area contributed by atoms with Crippen LogP contribution < -0.4 is 15.4 Å². The normalized spacial score (nSPS) is 10.7. The minimum absolute atomic E-state index is 0. The lowest BCUT2D eigenvalue weighted by atomic mass is 10.2. The summed E-state index contributed by atoms with van der Waals surface area (Å²) in [7, 11) is 5.41. The first-order valence-electron chi connectivity index (χ1n) is 9.58. The Hall–Kier alpha value is -3.01. The van der Waals surface area contributed by atoms with E-state index in [4.69, 9.17) is 9.15 Å². The van der Waals surface area contributed by atoms with E-state index in [-0.39, 0.29) is 35.6 Å². The van der Waals surface area contributed by atoms with Crippen LogP contribution in [0.1, 0.15) is 21.7 Å². The zero-order chi connectivity index (χ0) is 21.3. The minimum atomic E-state index is -0.274. The Morgan fingerprint density at radius 2 is 1.84 bits per heavy atom. The van der Waals surface area contributed by atoms with E-state index in [1.807, 2.05) is 60.5 Å². The molecule has 0 aliphatic carbocycles. The molecule has 3 rings (SSSR count). The maximum Gasteiger partial charge on any atom is 0.291 e. The molecule has 0 unspecified atom stereocenters. The number of rotatable bonds is 7. The number of ether oxygens (including phenoxy) is 1. The van der Waals surface area contributed by atoms with Crippen molar-refractivity contribution in [1.82, 2.24) is 10.2 Å². The Kier molecular flexibility index (Phi) is 9.39. The molecule has 0 fully saturated rings. The molecule has 2 N–H and O–H groups in total. The summed E-state index contributed by atoms with van der Waals surface area (Å²) in [6.45, 7) is 1.27. The van der Waals surface area contributed by atoms with Crippen molar-refractivity contribution < 1.29 is 13.9 Å². The molecule has 1 aromatic heterocycles. The molecule has 8 heteroatoms. The highest BCUT2D eigenvalue weighted by atomic mass is 127. The number of halogens is 1. The zero-order valence-electron chi connectivity index (χ0n) is 17.8. The summed E-state index contributed by atoms with van der Waals surface area (Å²) in [5, 5.41) is 6.17. The Balaban J connectivity index is 0.00000341. The number of para-hydroxylation sites is 1. The fourth-order valence-electron chi connectivity index (χ4n) is 3.04. The lowest BCUT2D eigenvalue weighted by molar-refractivity contribution is 0.0996. The van der Waals surface area contributed by atoms with Crippen molar-refractivity contribution in [1.29, 1.82) is 0 Å². The van der Waals surface area contributed by atoms with E-state index in [1.54, 1.807) is 26.3 Å². The number of nitrogens with zero attached hydrogens (tertiary/aromatic N) is 2. The van der Waals surface area contributed by atoms with Crippen LogP contribution in [-0.4, -0.2) is 38.0 Å². The number of furan rings is 1. The van der Waals surface area contributed by atoms with Crippen molar-refractivity contribution in [3.63, 3.8) is 0 Å². The van der Waals surface area contributed by atoms with Crippen LogP contribution in [0, 0.1) is 0 Å². The third-order valence-corrected chi connectivity index (χ3v) is 4.58. The highest BCUT2D eigenvalue weighted by Crippen LogP contribution is 2.19. The van der Waals surface area contributed by atoms with Crippen LogP contribution in [-0.2, 0) is 13.1 Å². The van der Waals surface area contributed by atoms with Gasteiger partial charge in [0.15, 0.2) is 11.7 Å². The van der Waals surface area contributed by atoms with Crippen LogP contribution >= 0.6 is 24.0 Å². The maximum atomic E-state index is 12.0. The molecular weight excluding hydrogens is 507 g/mol. The summed E-state index contributed by atoms with van der Waals surface area (Å²) in [5.74, 6) is 1.63. The van der Waals surface area contributed by atoms with Gasteiger partial charge in [0.2, 0.25) is 0 Å². The standard InChI is InChI=1S/C23H26N4O3.HI/c1-24-23(27(2)16-18-7-4-5-8-20(18)29-3)25-15-17-10-12-19(13-11-17)26-22(28)21-9-6-14-30-21;/h4-14H,15-16H2,1-3H3,(H,24,25)(H,26,28);1H. The number of hydrogen-bond donors (Lipinski definition) is 2. The number of guanidine groups is 1. The summed E-state index contributed by atoms with van der Waals surface area (Å²) >= 11 is 0. The number of aliphatic imine (C=N–C) groups is 1. The van der Waals surface area contributed by atoms with Crippen molar-refractivity contribution in [3.8, 4) is 5.75 Å². The van der Waals surface area contributed by atoms with Gasteiger partial charge in [0.1, 0.15) is 5.75 Å². The fourth-order valence-corrected chi connectivity index (χ4v) is 3.04. The first-order valence-corrected chi connectivity index (χ1v) is 9.58. The van der Waals surface area contributed by atoms with Gasteiger partial charge in [0, 0.05) is 38.4 Å². The van der Waals surface area contributed by atoms with Crippen LogP contribution in [0.3, 0.4) is 0 Å². The summed E-state index contributed by atoms with van der Waals surface area (Å²) in [5.41, 5.74) is 2.86. The Morgan fingerprint density at radius 3 is 2.48 bits per heavy atom. The summed E-state index contributed by atoms with van der Waals surface area (Å²) in [4.78, 5) is 18.4. The number of benzene rings is 2. The lowest BCUT2D eigenvalue weighted by Gasteiger charge is -2.23. The van der Waals surface area contributed by atoms with Gasteiger partial charge in [0.05, 0.1) is 13.4 Å². The van der Waals surface area contributed by atoms with Gasteiger partial charge in [-0.25, -0.2) is 0 Å². The van der Waals surface area contributed by atoms with Crippen LogP contribution in [0.4, 0.5) is 5.69 Å². The zero-order valence-corrected chi connectivity index (χ0v) is 20.1. The maximum absolute atomic E-state index is 12.0. The summed E-state index contributed by atoms with van der Waals surface area (Å²) in [6, 6.07) is 18.9. The van der Waals surface area contributed by atoms with E-state index in [0.717, 1.165) is 22.8 Å². The molecule has 0 spiro atoms. The van der Waals surface area contributed by atoms with Gasteiger partial charge >= 0.3 is 0 Å². The van der Waals surface area contributed by atoms with Crippen LogP contribution in [0.5, 0.6) is 5.75 Å². The average molecular weight is 534 g/mol. The first-order chi connectivity index (χ1) is 14.6. The quantitative estimate of drug-likeness (QED) is 0.268. The predicted octanol–water partition coefficient (Wildman–Crippen LogP) is 4.37. The number of anilines is 1. The molecule has 1 amide bonds. The highest BCUT2D eigenvalue weighted by Gasteiger charge is 2.11. The Morgan fingerprint density at radius 1 is 1.10 bits per heavy atom. The second-order valence-electron chi connectivity index (χ2n) is 6.70. The second-order valence-corrected chi connectivity index (χ2v) is 6.70. The van der Waals surface area contributed by atoms with Crippen molar-refractivity contribution >= 4 is 41.5 Å². The van der Waals surface area contributed by atoms with Crippen molar-refractivity contribution in [2.75, 3.05) is 26.5 Å². The first kappa shape index (κ1) is 24.3. The fraction of sp³-hybridized carbons (Fsp3) is 0.217. The average Bonchev–Trinajstić information content (AvgIpc) is 3.31. The minimum Gasteiger partial charge on any atom is -0.496 e. The largest absolute Gasteiger partial charge is 0.496 e. The molecular formula is C23H27IN4O3. The van der Waals surface area contributed by atoms with Gasteiger partial charge in [-0.1, -0.05) is 30.3 Å².